The summed E-state index contributed by atoms with van der Waals surface area (Å²) in [6, 6.07) is 15.5. The van der Waals surface area contributed by atoms with E-state index >= 15 is 0 Å². The fourth-order valence-electron chi connectivity index (χ4n) is 4.54. The fraction of sp³-hybridized carbons (Fsp3) is 0.481. The van der Waals surface area contributed by atoms with Gasteiger partial charge in [-0.15, -0.1) is 0 Å². The Morgan fingerprint density at radius 1 is 1.03 bits per heavy atom. The second kappa shape index (κ2) is 13.1. The molecule has 7 nitrogen and oxygen atoms in total. The van der Waals surface area contributed by atoms with Gasteiger partial charge in [0.2, 0.25) is 21.8 Å². The zero-order chi connectivity index (χ0) is 26.1. The van der Waals surface area contributed by atoms with Gasteiger partial charge < -0.3 is 10.2 Å². The van der Waals surface area contributed by atoms with E-state index in [1.165, 1.54) is 10.7 Å². The van der Waals surface area contributed by atoms with E-state index in [-0.39, 0.29) is 37.4 Å². The highest BCUT2D eigenvalue weighted by molar-refractivity contribution is 7.92. The van der Waals surface area contributed by atoms with Crippen LogP contribution in [0.2, 0.25) is 5.02 Å². The second-order valence-corrected chi connectivity index (χ2v) is 11.8. The molecule has 2 aromatic rings. The lowest BCUT2D eigenvalue weighted by atomic mass is 9.95. The van der Waals surface area contributed by atoms with E-state index in [0.29, 0.717) is 17.1 Å². The van der Waals surface area contributed by atoms with Crippen molar-refractivity contribution in [3.63, 3.8) is 0 Å². The summed E-state index contributed by atoms with van der Waals surface area (Å²) in [6.07, 6.45) is 6.93. The summed E-state index contributed by atoms with van der Waals surface area (Å²) in [7, 11) is -3.50. The molecular formula is C27H36ClN3O4S. The number of hydrogen-bond donors (Lipinski definition) is 1. The molecule has 196 valence electrons. The number of benzene rings is 2. The van der Waals surface area contributed by atoms with Crippen molar-refractivity contribution in [2.75, 3.05) is 17.1 Å². The van der Waals surface area contributed by atoms with Crippen molar-refractivity contribution in [1.29, 1.82) is 0 Å². The van der Waals surface area contributed by atoms with Crippen molar-refractivity contribution in [2.24, 2.45) is 0 Å². The molecule has 1 aliphatic carbocycles. The first-order valence-electron chi connectivity index (χ1n) is 12.5. The van der Waals surface area contributed by atoms with Crippen molar-refractivity contribution in [1.82, 2.24) is 10.2 Å². The second-order valence-electron chi connectivity index (χ2n) is 9.44. The summed E-state index contributed by atoms with van der Waals surface area (Å²) in [6.45, 7) is 2.19. The molecule has 2 amide bonds. The Morgan fingerprint density at radius 3 is 2.28 bits per heavy atom. The van der Waals surface area contributed by atoms with Crippen LogP contribution in [0.25, 0.3) is 0 Å². The highest BCUT2D eigenvalue weighted by atomic mass is 35.5. The molecule has 0 bridgehead atoms. The molecule has 1 saturated carbocycles. The van der Waals surface area contributed by atoms with Gasteiger partial charge >= 0.3 is 0 Å². The van der Waals surface area contributed by atoms with Crippen LogP contribution in [-0.2, 0) is 26.2 Å². The Hall–Kier alpha value is -2.58. The number of anilines is 1. The minimum atomic E-state index is -3.50. The molecule has 0 aromatic heterocycles. The maximum absolute atomic E-state index is 13.4. The minimum absolute atomic E-state index is 0.119. The molecule has 0 heterocycles. The van der Waals surface area contributed by atoms with Crippen LogP contribution in [0.1, 0.15) is 57.4 Å². The van der Waals surface area contributed by atoms with E-state index in [1.807, 2.05) is 18.2 Å². The van der Waals surface area contributed by atoms with Gasteiger partial charge in [0.1, 0.15) is 6.04 Å². The number of amides is 2. The van der Waals surface area contributed by atoms with E-state index in [4.69, 9.17) is 11.6 Å². The van der Waals surface area contributed by atoms with Crippen molar-refractivity contribution in [3.8, 4) is 0 Å². The number of rotatable bonds is 11. The van der Waals surface area contributed by atoms with E-state index in [0.717, 1.165) is 37.5 Å². The standard InChI is InChI=1S/C27H36ClN3O4S/c1-21(27(33)29-24-10-5-3-6-11-24)30(20-22-15-17-23(28)18-16-22)26(32)14-9-19-31(36(2,34)35)25-12-7-4-8-13-25/h4,7-8,12-13,15-18,21,24H,3,5-6,9-11,14,19-20H2,1-2H3,(H,29,33). The van der Waals surface area contributed by atoms with Gasteiger partial charge in [0.25, 0.3) is 0 Å². The van der Waals surface area contributed by atoms with Gasteiger partial charge in [-0.2, -0.15) is 0 Å². The zero-order valence-corrected chi connectivity index (χ0v) is 22.6. The van der Waals surface area contributed by atoms with Crippen LogP contribution in [-0.4, -0.2) is 50.0 Å². The molecule has 0 aliphatic heterocycles. The molecule has 1 unspecified atom stereocenters. The molecular weight excluding hydrogens is 498 g/mol. The summed E-state index contributed by atoms with van der Waals surface area (Å²) in [5.74, 6) is -0.357. The lowest BCUT2D eigenvalue weighted by molar-refractivity contribution is -0.141. The molecule has 0 spiro atoms. The van der Waals surface area contributed by atoms with Gasteiger partial charge in [-0.1, -0.05) is 61.2 Å². The van der Waals surface area contributed by atoms with Gasteiger partial charge in [0, 0.05) is 30.6 Å². The highest BCUT2D eigenvalue weighted by Crippen LogP contribution is 2.20. The normalized spacial score (nSPS) is 15.2. The summed E-state index contributed by atoms with van der Waals surface area (Å²) < 4.78 is 26.0. The van der Waals surface area contributed by atoms with Crippen LogP contribution in [0.4, 0.5) is 5.69 Å². The van der Waals surface area contributed by atoms with E-state index < -0.39 is 16.1 Å². The van der Waals surface area contributed by atoms with Gasteiger partial charge in [-0.05, 0) is 56.0 Å². The van der Waals surface area contributed by atoms with Gasteiger partial charge in [0.15, 0.2) is 0 Å². The number of nitrogens with one attached hydrogen (secondary N) is 1. The van der Waals surface area contributed by atoms with Gasteiger partial charge in [-0.3, -0.25) is 13.9 Å². The first kappa shape index (κ1) is 28.0. The Morgan fingerprint density at radius 2 is 1.67 bits per heavy atom. The molecule has 36 heavy (non-hydrogen) atoms. The van der Waals surface area contributed by atoms with Crippen LogP contribution >= 0.6 is 11.6 Å². The lowest BCUT2D eigenvalue weighted by Crippen LogP contribution is -2.50. The third kappa shape index (κ3) is 8.23. The monoisotopic (exact) mass is 533 g/mol. The number of carbonyl (C=O) groups excluding carboxylic acids is 2. The third-order valence-electron chi connectivity index (χ3n) is 6.58. The smallest absolute Gasteiger partial charge is 0.242 e. The van der Waals surface area contributed by atoms with Crippen LogP contribution in [0.5, 0.6) is 0 Å². The molecule has 1 fully saturated rings. The molecule has 3 rings (SSSR count). The summed E-state index contributed by atoms with van der Waals surface area (Å²) in [4.78, 5) is 28.0. The third-order valence-corrected chi connectivity index (χ3v) is 8.03. The van der Waals surface area contributed by atoms with Crippen molar-refractivity contribution >= 4 is 39.1 Å². The Bertz CT molecular complexity index is 1100. The number of halogens is 1. The maximum atomic E-state index is 13.4. The number of para-hydroxylation sites is 1. The summed E-state index contributed by atoms with van der Waals surface area (Å²) >= 11 is 6.02. The number of hydrogen-bond acceptors (Lipinski definition) is 4. The molecule has 1 atom stereocenters. The SMILES string of the molecule is CC(C(=O)NC1CCCCC1)N(Cc1ccc(Cl)cc1)C(=O)CCCN(c1ccccc1)S(C)(=O)=O. The summed E-state index contributed by atoms with van der Waals surface area (Å²) in [5, 5.41) is 3.72. The summed E-state index contributed by atoms with van der Waals surface area (Å²) in [5.41, 5.74) is 1.43. The van der Waals surface area contributed by atoms with Crippen molar-refractivity contribution in [2.45, 2.75) is 70.5 Å². The van der Waals surface area contributed by atoms with Crippen LogP contribution in [0.3, 0.4) is 0 Å². The van der Waals surface area contributed by atoms with Crippen molar-refractivity contribution < 1.29 is 18.0 Å². The maximum Gasteiger partial charge on any atom is 0.242 e. The number of nitrogens with zero attached hydrogens (tertiary/aromatic N) is 2. The average Bonchev–Trinajstić information content (AvgIpc) is 2.86. The van der Waals surface area contributed by atoms with Gasteiger partial charge in [-0.25, -0.2) is 8.42 Å². The van der Waals surface area contributed by atoms with Crippen LogP contribution < -0.4 is 9.62 Å². The van der Waals surface area contributed by atoms with E-state index in [1.54, 1.807) is 48.2 Å². The number of carbonyl (C=O) groups is 2. The van der Waals surface area contributed by atoms with E-state index in [9.17, 15) is 18.0 Å². The van der Waals surface area contributed by atoms with E-state index in [2.05, 4.69) is 5.32 Å². The first-order chi connectivity index (χ1) is 17.1. The van der Waals surface area contributed by atoms with Gasteiger partial charge in [0.05, 0.1) is 11.9 Å². The quantitative estimate of drug-likeness (QED) is 0.451. The fourth-order valence-corrected chi connectivity index (χ4v) is 5.63. The topological polar surface area (TPSA) is 86.8 Å². The Balaban J connectivity index is 1.69. The predicted molar refractivity (Wildman–Crippen MR) is 144 cm³/mol. The van der Waals surface area contributed by atoms with Crippen molar-refractivity contribution in [3.05, 3.63) is 65.2 Å². The lowest BCUT2D eigenvalue weighted by Gasteiger charge is -2.31. The molecule has 1 N–H and O–H groups in total. The first-order valence-corrected chi connectivity index (χ1v) is 14.7. The predicted octanol–water partition coefficient (Wildman–Crippen LogP) is 4.75. The molecule has 0 radical (unpaired) electrons. The largest absolute Gasteiger partial charge is 0.352 e. The number of sulfonamides is 1. The Labute approximate surface area is 219 Å². The van der Waals surface area contributed by atoms with Crippen LogP contribution in [0, 0.1) is 0 Å². The highest BCUT2D eigenvalue weighted by Gasteiger charge is 2.28. The molecule has 1 aliphatic rings. The molecule has 9 heteroatoms. The molecule has 0 saturated heterocycles. The Kier molecular flexibility index (Phi) is 10.2. The average molecular weight is 534 g/mol. The zero-order valence-electron chi connectivity index (χ0n) is 21.0. The minimum Gasteiger partial charge on any atom is -0.352 e. The molecule has 2 aromatic carbocycles. The van der Waals surface area contributed by atoms with Crippen LogP contribution in [0.15, 0.2) is 54.6 Å².